The monoisotopic (exact) mass is 281 g/mol. The van der Waals surface area contributed by atoms with E-state index in [4.69, 9.17) is 11.2 Å². The average Bonchev–Trinajstić information content (AvgIpc) is 2.54. The summed E-state index contributed by atoms with van der Waals surface area (Å²) in [6, 6.07) is 17.8. The van der Waals surface area contributed by atoms with Crippen molar-refractivity contribution in [2.45, 2.75) is 6.10 Å². The van der Waals surface area contributed by atoms with Gasteiger partial charge >= 0.3 is 0 Å². The summed E-state index contributed by atoms with van der Waals surface area (Å²) in [5, 5.41) is 12.8. The second-order valence-corrected chi connectivity index (χ2v) is 4.66. The molecule has 0 saturated heterocycles. The average molecular weight is 281 g/mol. The van der Waals surface area contributed by atoms with Gasteiger partial charge in [-0.05, 0) is 11.6 Å². The van der Waals surface area contributed by atoms with Crippen molar-refractivity contribution in [2.75, 3.05) is 19.7 Å². The van der Waals surface area contributed by atoms with Crippen LogP contribution in [0.1, 0.15) is 0 Å². The fourth-order valence-corrected chi connectivity index (χ4v) is 2.00. The molecule has 0 fully saturated rings. The fourth-order valence-electron chi connectivity index (χ4n) is 2.00. The van der Waals surface area contributed by atoms with E-state index in [2.05, 4.69) is 11.2 Å². The Morgan fingerprint density at radius 1 is 1.10 bits per heavy atom. The van der Waals surface area contributed by atoms with Gasteiger partial charge in [0.15, 0.2) is 0 Å². The highest BCUT2D eigenvalue weighted by Crippen LogP contribution is 2.29. The van der Waals surface area contributed by atoms with Gasteiger partial charge in [-0.25, -0.2) is 0 Å². The van der Waals surface area contributed by atoms with Crippen molar-refractivity contribution < 1.29 is 9.84 Å². The molecule has 2 aromatic carbocycles. The molecule has 21 heavy (non-hydrogen) atoms. The quantitative estimate of drug-likeness (QED) is 0.604. The first-order chi connectivity index (χ1) is 10.3. The predicted octanol–water partition coefficient (Wildman–Crippen LogP) is 2.32. The van der Waals surface area contributed by atoms with Crippen LogP contribution in [-0.2, 0) is 0 Å². The van der Waals surface area contributed by atoms with Gasteiger partial charge in [0.25, 0.3) is 0 Å². The lowest BCUT2D eigenvalue weighted by molar-refractivity contribution is 0.108. The molecule has 1 atom stereocenters. The van der Waals surface area contributed by atoms with E-state index in [0.29, 0.717) is 13.1 Å². The van der Waals surface area contributed by atoms with Crippen LogP contribution in [-0.4, -0.2) is 30.9 Å². The summed E-state index contributed by atoms with van der Waals surface area (Å²) < 4.78 is 5.74. The van der Waals surface area contributed by atoms with Gasteiger partial charge in [0, 0.05) is 12.1 Å². The Morgan fingerprint density at radius 3 is 2.57 bits per heavy atom. The summed E-state index contributed by atoms with van der Waals surface area (Å²) in [7, 11) is 0. The molecule has 2 rings (SSSR count). The van der Waals surface area contributed by atoms with E-state index >= 15 is 0 Å². The zero-order chi connectivity index (χ0) is 14.9. The first kappa shape index (κ1) is 15.1. The van der Waals surface area contributed by atoms with Crippen LogP contribution in [0.4, 0.5) is 0 Å². The molecule has 0 aromatic heterocycles. The zero-order valence-electron chi connectivity index (χ0n) is 11.8. The molecule has 0 aliphatic heterocycles. The second-order valence-electron chi connectivity index (χ2n) is 4.66. The summed E-state index contributed by atoms with van der Waals surface area (Å²) in [6.07, 6.45) is 4.54. The molecule has 1 unspecified atom stereocenters. The summed E-state index contributed by atoms with van der Waals surface area (Å²) in [4.78, 5) is 0. The van der Waals surface area contributed by atoms with Gasteiger partial charge in [0.2, 0.25) is 0 Å². The summed E-state index contributed by atoms with van der Waals surface area (Å²) >= 11 is 0. The molecule has 0 radical (unpaired) electrons. The molecule has 0 saturated carbocycles. The van der Waals surface area contributed by atoms with Gasteiger partial charge in [-0.15, -0.1) is 6.42 Å². The Bertz CT molecular complexity index is 590. The van der Waals surface area contributed by atoms with Crippen LogP contribution < -0.4 is 10.1 Å². The zero-order valence-corrected chi connectivity index (χ0v) is 11.8. The Labute approximate surface area is 125 Å². The molecule has 3 heteroatoms. The number of hydrogen-bond donors (Lipinski definition) is 2. The highest BCUT2D eigenvalue weighted by molar-refractivity contribution is 5.70. The topological polar surface area (TPSA) is 41.5 Å². The van der Waals surface area contributed by atoms with E-state index in [1.807, 2.05) is 54.6 Å². The number of nitrogens with one attached hydrogen (secondary N) is 1. The minimum atomic E-state index is -0.595. The molecular formula is C18H19NO2. The smallest absolute Gasteiger partial charge is 0.127 e. The number of aliphatic hydroxyl groups excluding tert-OH is 1. The van der Waals surface area contributed by atoms with Gasteiger partial charge < -0.3 is 15.2 Å². The number of rotatable bonds is 7. The minimum Gasteiger partial charge on any atom is -0.490 e. The van der Waals surface area contributed by atoms with Crippen molar-refractivity contribution in [3.63, 3.8) is 0 Å². The molecule has 2 aromatic rings. The number of aliphatic hydroxyl groups is 1. The first-order valence-electron chi connectivity index (χ1n) is 6.90. The van der Waals surface area contributed by atoms with Crippen molar-refractivity contribution in [3.05, 3.63) is 54.6 Å². The summed E-state index contributed by atoms with van der Waals surface area (Å²) in [5.41, 5.74) is 2.11. The SMILES string of the molecule is C#CCNCC(O)COc1ccccc1-c1ccccc1. The van der Waals surface area contributed by atoms with Crippen LogP contribution in [0.3, 0.4) is 0 Å². The van der Waals surface area contributed by atoms with Crippen molar-refractivity contribution in [2.24, 2.45) is 0 Å². The highest BCUT2D eigenvalue weighted by atomic mass is 16.5. The summed E-state index contributed by atoms with van der Waals surface area (Å²) in [6.45, 7) is 1.08. The number of ether oxygens (including phenoxy) is 1. The van der Waals surface area contributed by atoms with E-state index in [9.17, 15) is 5.11 Å². The Hall–Kier alpha value is -2.28. The molecule has 3 nitrogen and oxygen atoms in total. The third kappa shape index (κ3) is 4.64. The van der Waals surface area contributed by atoms with Gasteiger partial charge in [0.05, 0.1) is 6.54 Å². The van der Waals surface area contributed by atoms with Gasteiger partial charge in [-0.1, -0.05) is 54.5 Å². The van der Waals surface area contributed by atoms with Crippen molar-refractivity contribution in [1.29, 1.82) is 0 Å². The maximum Gasteiger partial charge on any atom is 0.127 e. The van der Waals surface area contributed by atoms with Crippen LogP contribution in [0.2, 0.25) is 0 Å². The van der Waals surface area contributed by atoms with E-state index in [0.717, 1.165) is 16.9 Å². The number of benzene rings is 2. The fraction of sp³-hybridized carbons (Fsp3) is 0.222. The van der Waals surface area contributed by atoms with E-state index in [-0.39, 0.29) is 6.61 Å². The molecular weight excluding hydrogens is 262 g/mol. The van der Waals surface area contributed by atoms with Crippen LogP contribution in [0.25, 0.3) is 11.1 Å². The second kappa shape index (κ2) is 8.11. The Morgan fingerprint density at radius 2 is 1.81 bits per heavy atom. The van der Waals surface area contributed by atoms with Crippen LogP contribution >= 0.6 is 0 Å². The van der Waals surface area contributed by atoms with Crippen molar-refractivity contribution in [3.8, 4) is 29.2 Å². The summed E-state index contributed by atoms with van der Waals surface area (Å²) in [5.74, 6) is 3.23. The number of para-hydroxylation sites is 1. The number of hydrogen-bond acceptors (Lipinski definition) is 3. The predicted molar refractivity (Wildman–Crippen MR) is 85.1 cm³/mol. The maximum absolute atomic E-state index is 9.84. The largest absolute Gasteiger partial charge is 0.490 e. The van der Waals surface area contributed by atoms with Gasteiger partial charge in [-0.2, -0.15) is 0 Å². The van der Waals surface area contributed by atoms with Crippen LogP contribution in [0.15, 0.2) is 54.6 Å². The van der Waals surface area contributed by atoms with Crippen LogP contribution in [0, 0.1) is 12.3 Å². The molecule has 0 spiro atoms. The lowest BCUT2D eigenvalue weighted by Gasteiger charge is -2.15. The highest BCUT2D eigenvalue weighted by Gasteiger charge is 2.08. The first-order valence-corrected chi connectivity index (χ1v) is 6.90. The minimum absolute atomic E-state index is 0.224. The third-order valence-electron chi connectivity index (χ3n) is 3.01. The molecule has 0 aliphatic carbocycles. The van der Waals surface area contributed by atoms with E-state index in [1.165, 1.54) is 0 Å². The molecule has 0 bridgehead atoms. The van der Waals surface area contributed by atoms with Crippen LogP contribution in [0.5, 0.6) is 5.75 Å². The molecule has 108 valence electrons. The standard InChI is InChI=1S/C18H19NO2/c1-2-12-19-13-16(20)14-21-18-11-7-6-10-17(18)15-8-4-3-5-9-15/h1,3-11,16,19-20H,12-14H2. The normalized spacial score (nSPS) is 11.6. The maximum atomic E-state index is 9.84. The van der Waals surface area contributed by atoms with Crippen molar-refractivity contribution in [1.82, 2.24) is 5.32 Å². The lowest BCUT2D eigenvalue weighted by atomic mass is 10.1. The Balaban J connectivity index is 2.00. The van der Waals surface area contributed by atoms with Gasteiger partial charge in [0.1, 0.15) is 18.5 Å². The number of terminal acetylenes is 1. The van der Waals surface area contributed by atoms with Crippen molar-refractivity contribution >= 4 is 0 Å². The van der Waals surface area contributed by atoms with Gasteiger partial charge in [-0.3, -0.25) is 0 Å². The molecule has 0 heterocycles. The van der Waals surface area contributed by atoms with E-state index < -0.39 is 6.10 Å². The molecule has 0 aliphatic rings. The Kier molecular flexibility index (Phi) is 5.83. The third-order valence-corrected chi connectivity index (χ3v) is 3.01. The lowest BCUT2D eigenvalue weighted by Crippen LogP contribution is -2.31. The molecule has 2 N–H and O–H groups in total. The molecule has 0 amide bonds. The van der Waals surface area contributed by atoms with E-state index in [1.54, 1.807) is 0 Å².